The van der Waals surface area contributed by atoms with Gasteiger partial charge in [0.15, 0.2) is 0 Å². The van der Waals surface area contributed by atoms with E-state index in [4.69, 9.17) is 20.6 Å². The Hall–Kier alpha value is -0.898. The van der Waals surface area contributed by atoms with Crippen LogP contribution >= 0.6 is 0 Å². The Morgan fingerprint density at radius 2 is 2.38 bits per heavy atom. The van der Waals surface area contributed by atoms with Crippen molar-refractivity contribution < 1.29 is 9.47 Å². The fraction of sp³-hybridized carbons (Fsp3) is 0.333. The van der Waals surface area contributed by atoms with Crippen LogP contribution in [-0.4, -0.2) is 57.3 Å². The van der Waals surface area contributed by atoms with Gasteiger partial charge in [0.2, 0.25) is 0 Å². The van der Waals surface area contributed by atoms with Crippen LogP contribution in [0, 0.1) is 5.41 Å². The van der Waals surface area contributed by atoms with E-state index in [1.165, 1.54) is 6.20 Å². The van der Waals surface area contributed by atoms with Crippen LogP contribution in [0.15, 0.2) is 12.3 Å². The number of rotatable bonds is 5. The minimum absolute atomic E-state index is 0.0766. The first-order valence-corrected chi connectivity index (χ1v) is 6.86. The second kappa shape index (κ2) is 6.63. The molecular weight excluding hydrogens is 401 g/mol. The number of ether oxygens (including phenoxy) is 2. The molecule has 4 N–H and O–H groups in total. The number of nitrogens with zero attached hydrogens (tertiary/aromatic N) is 1. The number of nitrogen functional groups attached to an aromatic ring is 1. The number of methoxy groups -OCH3 is 1. The number of pyridine rings is 1. The van der Waals surface area contributed by atoms with Gasteiger partial charge in [-0.1, -0.05) is 0 Å². The van der Waals surface area contributed by atoms with Crippen LogP contribution in [0.5, 0.6) is 0 Å². The number of nitrogens with one attached hydrogen (secondary N) is 2. The molecule has 7 heteroatoms. The minimum atomic E-state index is 0.0766. The summed E-state index contributed by atoms with van der Waals surface area (Å²) >= 11 is 0.567. The molecule has 0 aliphatic carbocycles. The monoisotopic (exact) mass is 414 g/mol. The molecule has 0 atom stereocenters. The van der Waals surface area contributed by atoms with E-state index in [0.717, 1.165) is 5.69 Å². The van der Waals surface area contributed by atoms with Crippen molar-refractivity contribution >= 4 is 43.5 Å². The van der Waals surface area contributed by atoms with E-state index in [-0.39, 0.29) is 5.90 Å². The zero-order valence-corrected chi connectivity index (χ0v) is 13.5. The molecule has 84 valence electrons. The van der Waals surface area contributed by atoms with Gasteiger partial charge in [0, 0.05) is 0 Å². The second-order valence-corrected chi connectivity index (χ2v) is 4.09. The summed E-state index contributed by atoms with van der Waals surface area (Å²) in [4.78, 5) is 3.94. The van der Waals surface area contributed by atoms with E-state index >= 15 is 0 Å². The summed E-state index contributed by atoms with van der Waals surface area (Å²) < 4.78 is 13.1. The van der Waals surface area contributed by atoms with E-state index in [1.807, 2.05) is 0 Å². The molecule has 16 heavy (non-hydrogen) atoms. The summed E-state index contributed by atoms with van der Waals surface area (Å²) in [5.74, 6) is 0.504. The Morgan fingerprint density at radius 3 is 3.00 bits per heavy atom. The molecule has 0 aromatic carbocycles. The van der Waals surface area contributed by atoms with Crippen LogP contribution in [0.1, 0.15) is 5.56 Å². The van der Waals surface area contributed by atoms with Crippen molar-refractivity contribution in [1.29, 1.82) is 5.41 Å². The molecule has 0 bridgehead atoms. The van der Waals surface area contributed by atoms with Crippen LogP contribution in [0.25, 0.3) is 0 Å². The van der Waals surface area contributed by atoms with Crippen LogP contribution < -0.4 is 8.86 Å². The predicted molar refractivity (Wildman–Crippen MR) is 62.7 cm³/mol. The van der Waals surface area contributed by atoms with Gasteiger partial charge in [-0.05, 0) is 0 Å². The van der Waals surface area contributed by atoms with Crippen molar-refractivity contribution in [3.05, 3.63) is 17.8 Å². The molecule has 1 heterocycles. The summed E-state index contributed by atoms with van der Waals surface area (Å²) in [5.41, 5.74) is 6.97. The summed E-state index contributed by atoms with van der Waals surface area (Å²) in [6.45, 7) is 0.804. The first kappa shape index (κ1) is 13.2. The van der Waals surface area contributed by atoms with Crippen LogP contribution in [0.4, 0.5) is 11.5 Å². The summed E-state index contributed by atoms with van der Waals surface area (Å²) in [6, 6.07) is 1.70. The van der Waals surface area contributed by atoms with Crippen molar-refractivity contribution in [1.82, 2.24) is 4.98 Å². The maximum atomic E-state index is 7.74. The van der Waals surface area contributed by atoms with Gasteiger partial charge in [-0.2, -0.15) is 0 Å². The number of hydrogen-bond donors (Lipinski definition) is 3. The molecule has 0 unspecified atom stereocenters. The van der Waals surface area contributed by atoms with Gasteiger partial charge in [0.25, 0.3) is 0 Å². The number of aromatic nitrogens is 1. The number of nitrogens with two attached hydrogens (primary N) is 1. The Morgan fingerprint density at radius 1 is 1.62 bits per heavy atom. The molecular formula is C9H13N4O2Tl. The van der Waals surface area contributed by atoms with E-state index < -0.39 is 0 Å². The Labute approximate surface area is 110 Å². The molecule has 0 saturated carbocycles. The molecule has 0 saturated heterocycles. The van der Waals surface area contributed by atoms with Crippen molar-refractivity contribution in [2.24, 2.45) is 0 Å². The van der Waals surface area contributed by atoms with Crippen LogP contribution in [-0.2, 0) is 9.47 Å². The van der Waals surface area contributed by atoms with E-state index in [9.17, 15) is 0 Å². The zero-order valence-electron chi connectivity index (χ0n) is 8.99. The van der Waals surface area contributed by atoms with Crippen molar-refractivity contribution in [2.45, 2.75) is 0 Å². The van der Waals surface area contributed by atoms with Crippen LogP contribution in [0.2, 0.25) is 0 Å². The summed E-state index contributed by atoms with van der Waals surface area (Å²) in [7, 11) is 1.59. The normalized spacial score (nSPS) is 9.75. The SMILES string of the molecule is COCCOC(=N)c1cnc(N)cc1[NH][Tl]. The third-order valence-electron chi connectivity index (χ3n) is 1.86. The molecule has 0 fully saturated rings. The molecule has 1 aromatic rings. The topological polar surface area (TPSA) is 93.2 Å². The summed E-state index contributed by atoms with van der Waals surface area (Å²) in [6.07, 6.45) is 1.54. The molecule has 0 radical (unpaired) electrons. The third-order valence-corrected chi connectivity index (χ3v) is 3.07. The van der Waals surface area contributed by atoms with Gasteiger partial charge in [-0.15, -0.1) is 0 Å². The first-order valence-electron chi connectivity index (χ1n) is 4.61. The van der Waals surface area contributed by atoms with Crippen molar-refractivity contribution in [3.8, 4) is 0 Å². The molecule has 6 nitrogen and oxygen atoms in total. The fourth-order valence-corrected chi connectivity index (χ4v) is 2.01. The van der Waals surface area contributed by atoms with Crippen molar-refractivity contribution in [3.63, 3.8) is 0 Å². The molecule has 0 aliphatic heterocycles. The van der Waals surface area contributed by atoms with Crippen LogP contribution in [0.3, 0.4) is 0 Å². The summed E-state index contributed by atoms with van der Waals surface area (Å²) in [5, 5.41) is 7.74. The molecule has 0 aliphatic rings. The standard InChI is InChI=1S/C9H13N4O2.Tl/c1-14-2-3-15-9(12)6-5-13-8(11)4-7(6)10;/h4-5,12H,2-3H2,1H3,(H3-,10,11,13);/q-1;+1. The average Bonchev–Trinajstić information content (AvgIpc) is 2.29. The van der Waals surface area contributed by atoms with Crippen molar-refractivity contribution in [2.75, 3.05) is 29.2 Å². The van der Waals surface area contributed by atoms with Gasteiger partial charge in [-0.25, -0.2) is 0 Å². The average molecular weight is 414 g/mol. The van der Waals surface area contributed by atoms with Gasteiger partial charge >= 0.3 is 110 Å². The van der Waals surface area contributed by atoms with Gasteiger partial charge in [-0.3, -0.25) is 0 Å². The maximum absolute atomic E-state index is 7.74. The quantitative estimate of drug-likeness (QED) is 0.277. The Kier molecular flexibility index (Phi) is 5.46. The predicted octanol–water partition coefficient (Wildman–Crippen LogP) is 0.148. The molecule has 1 rings (SSSR count). The van der Waals surface area contributed by atoms with E-state index in [0.29, 0.717) is 50.7 Å². The van der Waals surface area contributed by atoms with Gasteiger partial charge in [0.1, 0.15) is 0 Å². The van der Waals surface area contributed by atoms with E-state index in [2.05, 4.69) is 8.11 Å². The number of hydrogen-bond acceptors (Lipinski definition) is 6. The second-order valence-electron chi connectivity index (χ2n) is 2.97. The molecule has 0 spiro atoms. The van der Waals surface area contributed by atoms with Gasteiger partial charge < -0.3 is 0 Å². The first-order chi connectivity index (χ1) is 7.69. The molecule has 0 amide bonds. The van der Waals surface area contributed by atoms with E-state index in [1.54, 1.807) is 13.2 Å². The Bertz CT molecular complexity index is 373. The zero-order chi connectivity index (χ0) is 12.0. The number of anilines is 2. The molecule has 1 aromatic heterocycles. The third kappa shape index (κ3) is 3.60. The van der Waals surface area contributed by atoms with Gasteiger partial charge in [0.05, 0.1) is 0 Å². The Balaban J connectivity index is 2.74. The fourth-order valence-electron chi connectivity index (χ4n) is 1.08.